The van der Waals surface area contributed by atoms with Gasteiger partial charge in [-0.1, -0.05) is 29.3 Å². The highest BCUT2D eigenvalue weighted by Gasteiger charge is 2.18. The van der Waals surface area contributed by atoms with Gasteiger partial charge in [0.15, 0.2) is 0 Å². The Morgan fingerprint density at radius 2 is 1.83 bits per heavy atom. The van der Waals surface area contributed by atoms with E-state index in [1.807, 2.05) is 13.8 Å². The third-order valence-electron chi connectivity index (χ3n) is 3.67. The predicted molar refractivity (Wildman–Crippen MR) is 99.0 cm³/mol. The molecule has 0 saturated carbocycles. The standard InChI is InChI=1S/C18H18Cl2N2O2/c1-11-9-14(19)7-8-17(11)22(13(3)23)10-18(24)21-16-6-4-5-15(20)12(16)2/h4-9H,10H2,1-3H3,(H,21,24). The molecule has 0 aliphatic carbocycles. The molecule has 0 fully saturated rings. The Kier molecular flexibility index (Phi) is 5.86. The van der Waals surface area contributed by atoms with Gasteiger partial charge in [-0.2, -0.15) is 0 Å². The first-order chi connectivity index (χ1) is 11.3. The molecule has 0 spiro atoms. The van der Waals surface area contributed by atoms with Crippen LogP contribution >= 0.6 is 23.2 Å². The average molecular weight is 365 g/mol. The minimum atomic E-state index is -0.301. The van der Waals surface area contributed by atoms with Gasteiger partial charge in [0, 0.05) is 28.3 Å². The molecule has 6 heteroatoms. The highest BCUT2D eigenvalue weighted by molar-refractivity contribution is 6.32. The fourth-order valence-corrected chi connectivity index (χ4v) is 2.77. The quantitative estimate of drug-likeness (QED) is 0.861. The highest BCUT2D eigenvalue weighted by atomic mass is 35.5. The second-order valence-corrected chi connectivity index (χ2v) is 6.34. The third kappa shape index (κ3) is 4.28. The van der Waals surface area contributed by atoms with Gasteiger partial charge in [-0.25, -0.2) is 0 Å². The number of rotatable bonds is 4. The second kappa shape index (κ2) is 7.69. The molecular weight excluding hydrogens is 347 g/mol. The first kappa shape index (κ1) is 18.3. The molecule has 2 aromatic carbocycles. The number of carbonyl (C=O) groups excluding carboxylic acids is 2. The first-order valence-electron chi connectivity index (χ1n) is 7.39. The zero-order chi connectivity index (χ0) is 17.9. The second-order valence-electron chi connectivity index (χ2n) is 5.50. The molecule has 0 saturated heterocycles. The fourth-order valence-electron chi connectivity index (χ4n) is 2.36. The lowest BCUT2D eigenvalue weighted by Gasteiger charge is -2.23. The summed E-state index contributed by atoms with van der Waals surface area (Å²) in [6.07, 6.45) is 0. The first-order valence-corrected chi connectivity index (χ1v) is 8.14. The Hall–Kier alpha value is -2.04. The smallest absolute Gasteiger partial charge is 0.244 e. The monoisotopic (exact) mass is 364 g/mol. The number of hydrogen-bond acceptors (Lipinski definition) is 2. The molecule has 24 heavy (non-hydrogen) atoms. The van der Waals surface area contributed by atoms with Crippen molar-refractivity contribution >= 4 is 46.4 Å². The Balaban J connectivity index is 2.20. The molecule has 0 unspecified atom stereocenters. The van der Waals surface area contributed by atoms with Crippen LogP contribution in [-0.2, 0) is 9.59 Å². The number of carbonyl (C=O) groups is 2. The van der Waals surface area contributed by atoms with Gasteiger partial charge >= 0.3 is 0 Å². The minimum Gasteiger partial charge on any atom is -0.324 e. The van der Waals surface area contributed by atoms with E-state index in [0.717, 1.165) is 11.1 Å². The summed E-state index contributed by atoms with van der Waals surface area (Å²) in [7, 11) is 0. The van der Waals surface area contributed by atoms with Crippen LogP contribution in [0, 0.1) is 13.8 Å². The van der Waals surface area contributed by atoms with E-state index in [4.69, 9.17) is 23.2 Å². The summed E-state index contributed by atoms with van der Waals surface area (Å²) in [4.78, 5) is 25.8. The van der Waals surface area contributed by atoms with Crippen molar-refractivity contribution in [1.29, 1.82) is 0 Å². The largest absolute Gasteiger partial charge is 0.324 e. The Morgan fingerprint density at radius 1 is 1.12 bits per heavy atom. The summed E-state index contributed by atoms with van der Waals surface area (Å²) in [5, 5.41) is 3.95. The SMILES string of the molecule is CC(=O)N(CC(=O)Nc1cccc(Cl)c1C)c1ccc(Cl)cc1C. The normalized spacial score (nSPS) is 10.4. The number of benzene rings is 2. The maximum atomic E-state index is 12.4. The topological polar surface area (TPSA) is 49.4 Å². The van der Waals surface area contributed by atoms with Gasteiger partial charge in [0.2, 0.25) is 11.8 Å². The summed E-state index contributed by atoms with van der Waals surface area (Å²) >= 11 is 12.0. The van der Waals surface area contributed by atoms with Crippen molar-refractivity contribution < 1.29 is 9.59 Å². The number of aryl methyl sites for hydroxylation is 1. The van der Waals surface area contributed by atoms with E-state index in [2.05, 4.69) is 5.32 Å². The van der Waals surface area contributed by atoms with E-state index < -0.39 is 0 Å². The molecule has 0 heterocycles. The molecule has 0 aromatic heterocycles. The third-order valence-corrected chi connectivity index (χ3v) is 4.32. The summed E-state index contributed by atoms with van der Waals surface area (Å²) in [5.74, 6) is -0.525. The van der Waals surface area contributed by atoms with E-state index in [9.17, 15) is 9.59 Å². The lowest BCUT2D eigenvalue weighted by atomic mass is 10.1. The van der Waals surface area contributed by atoms with Gasteiger partial charge < -0.3 is 10.2 Å². The molecule has 0 radical (unpaired) electrons. The van der Waals surface area contributed by atoms with E-state index in [1.165, 1.54) is 11.8 Å². The molecule has 2 rings (SSSR count). The van der Waals surface area contributed by atoms with Crippen molar-refractivity contribution in [2.45, 2.75) is 20.8 Å². The lowest BCUT2D eigenvalue weighted by molar-refractivity contribution is -0.120. The van der Waals surface area contributed by atoms with Crippen molar-refractivity contribution in [2.75, 3.05) is 16.8 Å². The van der Waals surface area contributed by atoms with Crippen molar-refractivity contribution in [1.82, 2.24) is 0 Å². The lowest BCUT2D eigenvalue weighted by Crippen LogP contribution is -2.37. The minimum absolute atomic E-state index is 0.0935. The fraction of sp³-hybridized carbons (Fsp3) is 0.222. The van der Waals surface area contributed by atoms with Crippen LogP contribution in [0.4, 0.5) is 11.4 Å². The molecule has 2 amide bonds. The van der Waals surface area contributed by atoms with Crippen molar-refractivity contribution in [3.05, 3.63) is 57.6 Å². The molecule has 2 aromatic rings. The Bertz CT molecular complexity index is 791. The Morgan fingerprint density at radius 3 is 2.46 bits per heavy atom. The maximum Gasteiger partial charge on any atom is 0.244 e. The summed E-state index contributed by atoms with van der Waals surface area (Å²) < 4.78 is 0. The summed E-state index contributed by atoms with van der Waals surface area (Å²) in [6, 6.07) is 10.5. The van der Waals surface area contributed by atoms with Crippen molar-refractivity contribution in [3.8, 4) is 0 Å². The highest BCUT2D eigenvalue weighted by Crippen LogP contribution is 2.25. The van der Waals surface area contributed by atoms with Gasteiger partial charge in [0.05, 0.1) is 0 Å². The van der Waals surface area contributed by atoms with Gasteiger partial charge in [-0.05, 0) is 55.3 Å². The van der Waals surface area contributed by atoms with Crippen molar-refractivity contribution in [2.24, 2.45) is 0 Å². The molecule has 0 aliphatic heterocycles. The molecule has 1 N–H and O–H groups in total. The van der Waals surface area contributed by atoms with Gasteiger partial charge in [-0.15, -0.1) is 0 Å². The zero-order valence-corrected chi connectivity index (χ0v) is 15.2. The number of nitrogens with one attached hydrogen (secondary N) is 1. The van der Waals surface area contributed by atoms with Crippen LogP contribution in [-0.4, -0.2) is 18.4 Å². The molecule has 4 nitrogen and oxygen atoms in total. The van der Waals surface area contributed by atoms with E-state index in [1.54, 1.807) is 36.4 Å². The van der Waals surface area contributed by atoms with Gasteiger partial charge in [0.25, 0.3) is 0 Å². The number of halogens is 2. The molecular formula is C18H18Cl2N2O2. The van der Waals surface area contributed by atoms with E-state index in [-0.39, 0.29) is 18.4 Å². The number of amides is 2. The Labute approximate surface area is 151 Å². The molecule has 0 aliphatic rings. The van der Waals surface area contributed by atoms with Crippen molar-refractivity contribution in [3.63, 3.8) is 0 Å². The number of anilines is 2. The average Bonchev–Trinajstić information content (AvgIpc) is 2.50. The zero-order valence-electron chi connectivity index (χ0n) is 13.7. The van der Waals surface area contributed by atoms with Crippen LogP contribution in [0.1, 0.15) is 18.1 Å². The van der Waals surface area contributed by atoms with Gasteiger partial charge in [-0.3, -0.25) is 9.59 Å². The van der Waals surface area contributed by atoms with Gasteiger partial charge in [0.1, 0.15) is 6.54 Å². The van der Waals surface area contributed by atoms with Crippen LogP contribution in [0.25, 0.3) is 0 Å². The maximum absolute atomic E-state index is 12.4. The van der Waals surface area contributed by atoms with E-state index in [0.29, 0.717) is 21.4 Å². The number of hydrogen-bond donors (Lipinski definition) is 1. The predicted octanol–water partition coefficient (Wildman–Crippen LogP) is 4.60. The summed E-state index contributed by atoms with van der Waals surface area (Å²) in [6.45, 7) is 5.00. The summed E-state index contributed by atoms with van der Waals surface area (Å²) in [5.41, 5.74) is 2.89. The van der Waals surface area contributed by atoms with Crippen LogP contribution in [0.15, 0.2) is 36.4 Å². The number of nitrogens with zero attached hydrogens (tertiary/aromatic N) is 1. The molecule has 126 valence electrons. The van der Waals surface area contributed by atoms with Crippen LogP contribution < -0.4 is 10.2 Å². The van der Waals surface area contributed by atoms with Crippen LogP contribution in [0.3, 0.4) is 0 Å². The molecule has 0 atom stereocenters. The van der Waals surface area contributed by atoms with E-state index >= 15 is 0 Å². The van der Waals surface area contributed by atoms with Crippen LogP contribution in [0.2, 0.25) is 10.0 Å². The van der Waals surface area contributed by atoms with Crippen LogP contribution in [0.5, 0.6) is 0 Å². The molecule has 0 bridgehead atoms.